The molecule has 4 aromatic rings. The van der Waals surface area contributed by atoms with Gasteiger partial charge in [0.15, 0.2) is 0 Å². The van der Waals surface area contributed by atoms with Crippen LogP contribution in [0.15, 0.2) is 52.3 Å². The minimum absolute atomic E-state index is 0.0473. The lowest BCUT2D eigenvalue weighted by Crippen LogP contribution is -2.44. The van der Waals surface area contributed by atoms with Crippen molar-refractivity contribution in [2.24, 2.45) is 0 Å². The molecule has 196 valence electrons. The molecule has 0 radical (unpaired) electrons. The van der Waals surface area contributed by atoms with Crippen LogP contribution >= 0.6 is 11.3 Å². The van der Waals surface area contributed by atoms with Gasteiger partial charge in [0.2, 0.25) is 5.89 Å². The van der Waals surface area contributed by atoms with E-state index in [0.717, 1.165) is 29.1 Å². The number of rotatable bonds is 7. The van der Waals surface area contributed by atoms with Gasteiger partial charge in [-0.05, 0) is 51.3 Å². The summed E-state index contributed by atoms with van der Waals surface area (Å²) < 4.78 is 5.97. The predicted molar refractivity (Wildman–Crippen MR) is 141 cm³/mol. The van der Waals surface area contributed by atoms with Crippen molar-refractivity contribution in [1.82, 2.24) is 30.4 Å². The molecule has 1 aliphatic heterocycles. The van der Waals surface area contributed by atoms with Crippen LogP contribution in [0, 0.1) is 13.8 Å². The molecule has 2 atom stereocenters. The summed E-state index contributed by atoms with van der Waals surface area (Å²) >= 11 is 1.58. The van der Waals surface area contributed by atoms with Crippen LogP contribution in [-0.2, 0) is 12.0 Å². The fourth-order valence-corrected chi connectivity index (χ4v) is 5.77. The summed E-state index contributed by atoms with van der Waals surface area (Å²) in [5.74, 6) is 0.111. The second kappa shape index (κ2) is 10.3. The van der Waals surface area contributed by atoms with Crippen LogP contribution in [0.4, 0.5) is 4.79 Å². The lowest BCUT2D eigenvalue weighted by Gasteiger charge is -2.25. The number of nitrogens with zero attached hydrogens (tertiary/aromatic N) is 5. The van der Waals surface area contributed by atoms with Crippen molar-refractivity contribution in [2.75, 3.05) is 6.54 Å². The Morgan fingerprint density at radius 2 is 1.95 bits per heavy atom. The largest absolute Gasteiger partial charge is 0.465 e. The lowest BCUT2D eigenvalue weighted by atomic mass is 9.93. The van der Waals surface area contributed by atoms with E-state index in [1.54, 1.807) is 37.3 Å². The molecule has 4 heterocycles. The van der Waals surface area contributed by atoms with Crippen LogP contribution in [0.3, 0.4) is 0 Å². The first-order chi connectivity index (χ1) is 18.2. The van der Waals surface area contributed by atoms with Gasteiger partial charge in [0.25, 0.3) is 11.8 Å². The normalized spacial score (nSPS) is 16.8. The van der Waals surface area contributed by atoms with E-state index in [1.807, 2.05) is 47.5 Å². The van der Waals surface area contributed by atoms with E-state index in [1.165, 1.54) is 0 Å². The van der Waals surface area contributed by atoms with Gasteiger partial charge in [-0.2, -0.15) is 0 Å². The monoisotopic (exact) mass is 532 g/mol. The number of nitrogens with one attached hydrogen (secondary N) is 1. The maximum Gasteiger partial charge on any atom is 0.405 e. The molecule has 10 nitrogen and oxygen atoms in total. The van der Waals surface area contributed by atoms with Crippen LogP contribution in [-0.4, -0.2) is 48.7 Å². The minimum Gasteiger partial charge on any atom is -0.465 e. The van der Waals surface area contributed by atoms with Gasteiger partial charge in [-0.3, -0.25) is 4.79 Å². The number of aryl methyl sites for hydroxylation is 2. The molecule has 3 aromatic heterocycles. The molecule has 0 aliphatic carbocycles. The van der Waals surface area contributed by atoms with Crippen LogP contribution in [0.2, 0.25) is 0 Å². The zero-order chi connectivity index (χ0) is 26.9. The van der Waals surface area contributed by atoms with Crippen LogP contribution in [0.1, 0.15) is 64.0 Å². The van der Waals surface area contributed by atoms with Gasteiger partial charge in [-0.1, -0.05) is 30.3 Å². The molecule has 2 amide bonds. The SMILES string of the molecule is Cc1cc(C(=O)N2CCC[C@@H]2c2nc(C)cs2)cc(-c2nnc([C@@](C)(Cc3ccccc3)NC(=O)O)o2)n1. The summed E-state index contributed by atoms with van der Waals surface area (Å²) in [6, 6.07) is 12.8. The number of hydrogen-bond donors (Lipinski definition) is 2. The Morgan fingerprint density at radius 3 is 2.66 bits per heavy atom. The summed E-state index contributed by atoms with van der Waals surface area (Å²) in [7, 11) is 0. The van der Waals surface area contributed by atoms with Crippen molar-refractivity contribution in [3.05, 3.63) is 81.3 Å². The standard InChI is InChI=1S/C27H28N6O4S/c1-16-12-19(24(34)33-11-7-10-21(33)23-29-17(2)15-38-23)13-20(28-16)22-31-32-25(37-22)27(3,30-26(35)36)14-18-8-5-4-6-9-18/h4-6,8-9,12-13,15,21,30H,7,10-11,14H2,1-3H3,(H,35,36)/t21-,27-/m1/s1. The van der Waals surface area contributed by atoms with Gasteiger partial charge in [0.05, 0.1) is 6.04 Å². The Bertz CT molecular complexity index is 1470. The molecule has 1 fully saturated rings. The molecule has 11 heteroatoms. The predicted octanol–water partition coefficient (Wildman–Crippen LogP) is 4.91. The zero-order valence-corrected chi connectivity index (χ0v) is 22.2. The Hall–Kier alpha value is -4.12. The molecule has 0 saturated carbocycles. The number of carboxylic acid groups (broad SMARTS) is 1. The summed E-state index contributed by atoms with van der Waals surface area (Å²) in [5.41, 5.74) is 2.14. The Labute approximate surface area is 223 Å². The third kappa shape index (κ3) is 5.28. The van der Waals surface area contributed by atoms with Crippen LogP contribution in [0.5, 0.6) is 0 Å². The maximum atomic E-state index is 13.6. The van der Waals surface area contributed by atoms with E-state index in [9.17, 15) is 14.7 Å². The fraction of sp³-hybridized carbons (Fsp3) is 0.333. The number of likely N-dealkylation sites (tertiary alicyclic amines) is 1. The van der Waals surface area contributed by atoms with E-state index >= 15 is 0 Å². The van der Waals surface area contributed by atoms with Crippen molar-refractivity contribution < 1.29 is 19.1 Å². The highest BCUT2D eigenvalue weighted by atomic mass is 32.1. The Morgan fingerprint density at radius 1 is 1.16 bits per heavy atom. The molecule has 0 bridgehead atoms. The van der Waals surface area contributed by atoms with Crippen molar-refractivity contribution in [3.63, 3.8) is 0 Å². The van der Waals surface area contributed by atoms with Gasteiger partial charge >= 0.3 is 6.09 Å². The number of pyridine rings is 1. The molecule has 0 spiro atoms. The molecule has 1 aromatic carbocycles. The highest BCUT2D eigenvalue weighted by Gasteiger charge is 2.36. The average molecular weight is 533 g/mol. The van der Waals surface area contributed by atoms with Crippen molar-refractivity contribution >= 4 is 23.3 Å². The van der Waals surface area contributed by atoms with E-state index in [2.05, 4.69) is 25.5 Å². The molecule has 5 rings (SSSR count). The van der Waals surface area contributed by atoms with Crippen molar-refractivity contribution in [1.29, 1.82) is 0 Å². The summed E-state index contributed by atoms with van der Waals surface area (Å²) in [6.07, 6.45) is 0.883. The highest BCUT2D eigenvalue weighted by molar-refractivity contribution is 7.09. The molecule has 38 heavy (non-hydrogen) atoms. The van der Waals surface area contributed by atoms with Gasteiger partial charge in [-0.25, -0.2) is 14.8 Å². The quantitative estimate of drug-likeness (QED) is 0.343. The first-order valence-corrected chi connectivity index (χ1v) is 13.2. The van der Waals surface area contributed by atoms with Crippen molar-refractivity contribution in [2.45, 2.75) is 51.6 Å². The lowest BCUT2D eigenvalue weighted by molar-refractivity contribution is 0.0735. The summed E-state index contributed by atoms with van der Waals surface area (Å²) in [6.45, 7) is 6.10. The number of thiazole rings is 1. The Kier molecular flexibility index (Phi) is 6.94. The molecule has 2 N–H and O–H groups in total. The number of hydrogen-bond acceptors (Lipinski definition) is 8. The molecule has 1 aliphatic rings. The zero-order valence-electron chi connectivity index (χ0n) is 21.3. The smallest absolute Gasteiger partial charge is 0.405 e. The average Bonchev–Trinajstić information content (AvgIpc) is 3.64. The number of amides is 2. The van der Waals surface area contributed by atoms with E-state index < -0.39 is 11.6 Å². The van der Waals surface area contributed by atoms with E-state index in [4.69, 9.17) is 4.42 Å². The number of benzene rings is 1. The topological polar surface area (TPSA) is 134 Å². The molecular weight excluding hydrogens is 504 g/mol. The minimum atomic E-state index is -1.21. The fourth-order valence-electron chi connectivity index (χ4n) is 4.82. The number of carbonyl (C=O) groups excluding carboxylic acids is 1. The van der Waals surface area contributed by atoms with Gasteiger partial charge in [0, 0.05) is 35.3 Å². The number of carbonyl (C=O) groups is 2. The summed E-state index contributed by atoms with van der Waals surface area (Å²) in [5, 5.41) is 23.3. The Balaban J connectivity index is 1.44. The van der Waals surface area contributed by atoms with Crippen molar-refractivity contribution in [3.8, 4) is 11.6 Å². The first kappa shape index (κ1) is 25.5. The highest BCUT2D eigenvalue weighted by Crippen LogP contribution is 2.35. The van der Waals surface area contributed by atoms with Crippen LogP contribution < -0.4 is 5.32 Å². The molecule has 1 saturated heterocycles. The third-order valence-electron chi connectivity index (χ3n) is 6.54. The van der Waals surface area contributed by atoms with Crippen LogP contribution in [0.25, 0.3) is 11.6 Å². The molecule has 0 unspecified atom stereocenters. The third-order valence-corrected chi connectivity index (χ3v) is 7.60. The van der Waals surface area contributed by atoms with Gasteiger partial charge in [0.1, 0.15) is 16.2 Å². The van der Waals surface area contributed by atoms with Gasteiger partial charge < -0.3 is 19.7 Å². The first-order valence-electron chi connectivity index (χ1n) is 12.3. The summed E-state index contributed by atoms with van der Waals surface area (Å²) in [4.78, 5) is 36.2. The van der Waals surface area contributed by atoms with E-state index in [-0.39, 0.29) is 23.7 Å². The second-order valence-corrected chi connectivity index (χ2v) is 10.6. The maximum absolute atomic E-state index is 13.6. The van der Waals surface area contributed by atoms with Gasteiger partial charge in [-0.15, -0.1) is 21.5 Å². The number of aromatic nitrogens is 4. The second-order valence-electron chi connectivity index (χ2n) is 9.70. The molecular formula is C27H28N6O4S. The van der Waals surface area contributed by atoms with E-state index in [0.29, 0.717) is 29.9 Å².